The van der Waals surface area contributed by atoms with Gasteiger partial charge in [0.25, 0.3) is 0 Å². The molecule has 0 aliphatic rings. The van der Waals surface area contributed by atoms with Crippen molar-refractivity contribution in [2.24, 2.45) is 0 Å². The molecule has 0 bridgehead atoms. The number of hydrogen-bond acceptors (Lipinski definition) is 8. The van der Waals surface area contributed by atoms with Gasteiger partial charge in [-0.15, -0.1) is 0 Å². The molecule has 0 saturated carbocycles. The molecular weight excluding hydrogens is 266 g/mol. The number of nitrogens with two attached hydrogens (primary N) is 1. The number of hydrogen-bond donors (Lipinski definition) is 2. The van der Waals surface area contributed by atoms with Gasteiger partial charge in [-0.05, 0) is 6.92 Å². The Balaban J connectivity index is 2.37. The van der Waals surface area contributed by atoms with E-state index < -0.39 is 18.4 Å². The number of aromatic nitrogens is 4. The van der Waals surface area contributed by atoms with E-state index in [1.165, 1.54) is 24.1 Å². The van der Waals surface area contributed by atoms with E-state index in [9.17, 15) is 14.7 Å². The van der Waals surface area contributed by atoms with Crippen molar-refractivity contribution in [3.8, 4) is 0 Å². The van der Waals surface area contributed by atoms with Crippen LogP contribution in [0.15, 0.2) is 12.7 Å². The fraction of sp³-hybridized carbons (Fsp3) is 0.364. The normalized spacial score (nSPS) is 15.7. The number of anilines is 1. The fourth-order valence-corrected chi connectivity index (χ4v) is 1.64. The highest BCUT2D eigenvalue weighted by molar-refractivity contribution is 5.81. The number of aliphatic hydroxyl groups excluding tert-OH is 1. The van der Waals surface area contributed by atoms with Gasteiger partial charge in [0.2, 0.25) is 0 Å². The molecule has 0 fully saturated rings. The molecule has 0 radical (unpaired) electrons. The van der Waals surface area contributed by atoms with Crippen molar-refractivity contribution in [1.82, 2.24) is 19.5 Å². The third kappa shape index (κ3) is 2.49. The van der Waals surface area contributed by atoms with Crippen LogP contribution in [0.25, 0.3) is 11.2 Å². The van der Waals surface area contributed by atoms with Gasteiger partial charge >= 0.3 is 0 Å². The van der Waals surface area contributed by atoms with Crippen molar-refractivity contribution in [3.63, 3.8) is 0 Å². The van der Waals surface area contributed by atoms with Gasteiger partial charge in [-0.25, -0.2) is 15.0 Å². The van der Waals surface area contributed by atoms with Crippen LogP contribution in [0, 0.1) is 0 Å². The highest BCUT2D eigenvalue weighted by atomic mass is 16.5. The molecule has 0 amide bonds. The highest BCUT2D eigenvalue weighted by Gasteiger charge is 2.23. The summed E-state index contributed by atoms with van der Waals surface area (Å²) in [4.78, 5) is 33.7. The minimum absolute atomic E-state index is 0.167. The molecule has 2 heterocycles. The van der Waals surface area contributed by atoms with E-state index in [-0.39, 0.29) is 5.82 Å². The Labute approximate surface area is 113 Å². The van der Waals surface area contributed by atoms with Gasteiger partial charge in [0.1, 0.15) is 17.9 Å². The molecule has 106 valence electrons. The third-order valence-electron chi connectivity index (χ3n) is 2.68. The van der Waals surface area contributed by atoms with E-state index in [1.54, 1.807) is 0 Å². The number of fused-ring (bicyclic) bond motifs is 1. The molecule has 0 aliphatic heterocycles. The average Bonchev–Trinajstić information content (AvgIpc) is 2.85. The first-order valence-corrected chi connectivity index (χ1v) is 5.75. The van der Waals surface area contributed by atoms with Crippen molar-refractivity contribution in [2.75, 3.05) is 5.73 Å². The Bertz CT molecular complexity index is 626. The molecule has 2 aromatic rings. The third-order valence-corrected chi connectivity index (χ3v) is 2.68. The molecule has 20 heavy (non-hydrogen) atoms. The number of carbonyl (C=O) groups excluding carboxylic acids is 2. The highest BCUT2D eigenvalue weighted by Crippen LogP contribution is 2.19. The lowest BCUT2D eigenvalue weighted by Gasteiger charge is -2.20. The number of aliphatic hydroxyl groups is 1. The maximum atomic E-state index is 11.2. The maximum absolute atomic E-state index is 11.2. The monoisotopic (exact) mass is 279 g/mol. The Hall–Kier alpha value is -2.39. The Morgan fingerprint density at radius 1 is 1.35 bits per heavy atom. The first-order valence-electron chi connectivity index (χ1n) is 5.75. The van der Waals surface area contributed by atoms with Crippen LogP contribution in [0.3, 0.4) is 0 Å². The number of nitrogen functional groups attached to an aromatic ring is 1. The van der Waals surface area contributed by atoms with E-state index in [0.717, 1.165) is 0 Å². The molecule has 3 N–H and O–H groups in total. The molecule has 1 unspecified atom stereocenters. The molecule has 9 heteroatoms. The number of carbonyl (C=O) groups is 2. The summed E-state index contributed by atoms with van der Waals surface area (Å²) in [7, 11) is 0. The van der Waals surface area contributed by atoms with Crippen molar-refractivity contribution in [3.05, 3.63) is 12.7 Å². The van der Waals surface area contributed by atoms with Crippen LogP contribution < -0.4 is 5.73 Å². The summed E-state index contributed by atoms with van der Waals surface area (Å²) >= 11 is 0. The van der Waals surface area contributed by atoms with Gasteiger partial charge in [-0.2, -0.15) is 0 Å². The molecule has 3 atom stereocenters. The summed E-state index contributed by atoms with van der Waals surface area (Å²) in [5, 5.41) is 9.37. The van der Waals surface area contributed by atoms with E-state index >= 15 is 0 Å². The number of imidazole rings is 1. The quantitative estimate of drug-likeness (QED) is 0.648. The fourth-order valence-electron chi connectivity index (χ4n) is 1.64. The Morgan fingerprint density at radius 3 is 2.70 bits per heavy atom. The van der Waals surface area contributed by atoms with E-state index in [0.29, 0.717) is 23.7 Å². The molecule has 2 rings (SSSR count). The van der Waals surface area contributed by atoms with Crippen molar-refractivity contribution >= 4 is 29.6 Å². The van der Waals surface area contributed by atoms with Gasteiger partial charge in [-0.1, -0.05) is 0 Å². The molecule has 0 aromatic carbocycles. The van der Waals surface area contributed by atoms with E-state index in [2.05, 4.69) is 15.0 Å². The number of nitrogens with zero attached hydrogens (tertiary/aromatic N) is 4. The summed E-state index contributed by atoms with van der Waals surface area (Å²) in [6.07, 6.45) is 0.0786. The van der Waals surface area contributed by atoms with Gasteiger partial charge in [0.15, 0.2) is 30.3 Å². The van der Waals surface area contributed by atoms with Crippen LogP contribution >= 0.6 is 0 Å². The smallest absolute Gasteiger partial charge is 0.193 e. The first kappa shape index (κ1) is 14.0. The number of rotatable bonds is 6. The Morgan fingerprint density at radius 2 is 2.10 bits per heavy atom. The summed E-state index contributed by atoms with van der Waals surface area (Å²) in [6, 6.07) is 0. The second kappa shape index (κ2) is 5.72. The SMILES string of the molecule is CC(O)[C@@H](C=O)O[C@@H](C=O)n1cnc2c(N)ncnc21. The Kier molecular flexibility index (Phi) is 4.01. The minimum Gasteiger partial charge on any atom is -0.390 e. The van der Waals surface area contributed by atoms with Crippen molar-refractivity contribution in [1.29, 1.82) is 0 Å². The lowest BCUT2D eigenvalue weighted by Crippen LogP contribution is -2.31. The van der Waals surface area contributed by atoms with Gasteiger partial charge in [-0.3, -0.25) is 9.36 Å². The number of aldehydes is 2. The summed E-state index contributed by atoms with van der Waals surface area (Å²) in [5.74, 6) is 0.167. The molecule has 2 aromatic heterocycles. The molecule has 0 saturated heterocycles. The van der Waals surface area contributed by atoms with Crippen molar-refractivity contribution in [2.45, 2.75) is 25.4 Å². The van der Waals surface area contributed by atoms with Crippen LogP contribution in [0.2, 0.25) is 0 Å². The average molecular weight is 279 g/mol. The predicted molar refractivity (Wildman–Crippen MR) is 67.5 cm³/mol. The second-order valence-electron chi connectivity index (χ2n) is 4.09. The van der Waals surface area contributed by atoms with Crippen LogP contribution in [0.5, 0.6) is 0 Å². The maximum Gasteiger partial charge on any atom is 0.193 e. The zero-order chi connectivity index (χ0) is 14.7. The van der Waals surface area contributed by atoms with Crippen LogP contribution in [-0.4, -0.2) is 49.4 Å². The summed E-state index contributed by atoms with van der Waals surface area (Å²) in [6.45, 7) is 1.38. The first-order chi connectivity index (χ1) is 9.58. The predicted octanol–water partition coefficient (Wildman–Crippen LogP) is -0.929. The summed E-state index contributed by atoms with van der Waals surface area (Å²) < 4.78 is 6.54. The topological polar surface area (TPSA) is 133 Å². The summed E-state index contributed by atoms with van der Waals surface area (Å²) in [5.41, 5.74) is 6.25. The van der Waals surface area contributed by atoms with Crippen LogP contribution in [0.4, 0.5) is 5.82 Å². The largest absolute Gasteiger partial charge is 0.390 e. The zero-order valence-corrected chi connectivity index (χ0v) is 10.6. The van der Waals surface area contributed by atoms with Crippen LogP contribution in [-0.2, 0) is 14.3 Å². The standard InChI is InChI=1S/C11H13N5O4/c1-6(19)7(2-17)20-8(3-18)16-5-15-9-10(12)13-4-14-11(9)16/h2-8,19H,1H3,(H2,12,13,14)/t6?,7-,8+/m1/s1. The van der Waals surface area contributed by atoms with Gasteiger partial charge in [0, 0.05) is 0 Å². The lowest BCUT2D eigenvalue weighted by molar-refractivity contribution is -0.145. The minimum atomic E-state index is -1.15. The second-order valence-corrected chi connectivity index (χ2v) is 4.09. The lowest BCUT2D eigenvalue weighted by atomic mass is 10.2. The molecular formula is C11H13N5O4. The van der Waals surface area contributed by atoms with Crippen molar-refractivity contribution < 1.29 is 19.4 Å². The molecule has 9 nitrogen and oxygen atoms in total. The molecule has 0 aliphatic carbocycles. The van der Waals surface area contributed by atoms with E-state index in [1.807, 2.05) is 0 Å². The molecule has 0 spiro atoms. The number of ether oxygens (including phenoxy) is 1. The van der Waals surface area contributed by atoms with Gasteiger partial charge in [0.05, 0.1) is 12.4 Å². The van der Waals surface area contributed by atoms with Crippen LogP contribution in [0.1, 0.15) is 13.2 Å². The van der Waals surface area contributed by atoms with E-state index in [4.69, 9.17) is 10.5 Å². The zero-order valence-electron chi connectivity index (χ0n) is 10.6. The van der Waals surface area contributed by atoms with Gasteiger partial charge < -0.3 is 20.4 Å².